The van der Waals surface area contributed by atoms with Crippen molar-refractivity contribution >= 4 is 0 Å². The maximum absolute atomic E-state index is 2.53. The van der Waals surface area contributed by atoms with Crippen LogP contribution in [0, 0.1) is 49.7 Å². The molecule has 6 rings (SSSR count). The summed E-state index contributed by atoms with van der Waals surface area (Å²) in [6, 6.07) is 0. The Hall–Kier alpha value is 0. The minimum atomic E-state index is 0.563. The van der Waals surface area contributed by atoms with Gasteiger partial charge in [-0.2, -0.15) is 0 Å². The van der Waals surface area contributed by atoms with Crippen molar-refractivity contribution in [2.24, 2.45) is 49.7 Å². The van der Waals surface area contributed by atoms with Gasteiger partial charge in [-0.25, -0.2) is 0 Å². The first-order valence-corrected chi connectivity index (χ1v) is 18.6. The predicted octanol–water partition coefficient (Wildman–Crippen LogP) is 13.3. The molecule has 6 saturated carbocycles. The van der Waals surface area contributed by atoms with Gasteiger partial charge in [0.05, 0.1) is 0 Å². The van der Waals surface area contributed by atoms with Crippen LogP contribution in [0.4, 0.5) is 0 Å². The largest absolute Gasteiger partial charge is 0.0625 e. The van der Waals surface area contributed by atoms with Crippen LogP contribution in [0.15, 0.2) is 0 Å². The van der Waals surface area contributed by atoms with E-state index in [0.717, 1.165) is 28.1 Å². The zero-order valence-corrected chi connectivity index (χ0v) is 28.9. The fraction of sp³-hybridized carbons (Fsp3) is 1.00. The molecule has 4 spiro atoms. The molecule has 0 nitrogen and oxygen atoms in total. The van der Waals surface area contributed by atoms with Crippen molar-refractivity contribution < 1.29 is 0 Å². The molecule has 40 heavy (non-hydrogen) atoms. The quantitative estimate of drug-likeness (QED) is 0.280. The highest BCUT2D eigenvalue weighted by Gasteiger charge is 2.51. The molecule has 0 atom stereocenters. The number of hydrogen-bond acceptors (Lipinski definition) is 0. The lowest BCUT2D eigenvalue weighted by atomic mass is 9.48. The maximum Gasteiger partial charge on any atom is -0.0287 e. The molecule has 0 unspecified atom stereocenters. The Labute approximate surface area is 252 Å². The zero-order chi connectivity index (χ0) is 28.9. The molecule has 0 saturated heterocycles. The smallest absolute Gasteiger partial charge is 0.0287 e. The average molecular weight is 553 g/mol. The molecule has 0 aromatic rings. The lowest BCUT2D eigenvalue weighted by Gasteiger charge is -2.57. The van der Waals surface area contributed by atoms with E-state index >= 15 is 0 Å². The summed E-state index contributed by atoms with van der Waals surface area (Å²) in [7, 11) is 0. The Morgan fingerprint density at radius 2 is 0.575 bits per heavy atom. The Kier molecular flexibility index (Phi) is 8.78. The number of rotatable bonds is 0. The summed E-state index contributed by atoms with van der Waals surface area (Å²) < 4.78 is 0. The highest BCUT2D eigenvalue weighted by molar-refractivity contribution is 5.02. The zero-order valence-electron chi connectivity index (χ0n) is 28.9. The summed E-state index contributed by atoms with van der Waals surface area (Å²) in [5.41, 5.74) is 4.80. The first-order valence-electron chi connectivity index (χ1n) is 18.6. The van der Waals surface area contributed by atoms with E-state index in [0.29, 0.717) is 21.7 Å². The van der Waals surface area contributed by atoms with Crippen molar-refractivity contribution in [3.63, 3.8) is 0 Å². The molecule has 0 aromatic heterocycles. The Balaban J connectivity index is 0.000000162. The van der Waals surface area contributed by atoms with Gasteiger partial charge in [0.2, 0.25) is 0 Å². The van der Waals surface area contributed by atoms with Crippen molar-refractivity contribution in [1.82, 2.24) is 0 Å². The minimum Gasteiger partial charge on any atom is -0.0625 e. The highest BCUT2D eigenvalue weighted by atomic mass is 14.6. The van der Waals surface area contributed by atoms with Crippen LogP contribution >= 0.6 is 0 Å². The van der Waals surface area contributed by atoms with Gasteiger partial charge in [-0.15, -0.1) is 0 Å². The fourth-order valence-corrected chi connectivity index (χ4v) is 12.2. The second kappa shape index (κ2) is 11.2. The highest BCUT2D eigenvalue weighted by Crippen LogP contribution is 2.63. The summed E-state index contributed by atoms with van der Waals surface area (Å²) in [4.78, 5) is 0. The van der Waals surface area contributed by atoms with Gasteiger partial charge in [0.15, 0.2) is 0 Å². The first-order chi connectivity index (χ1) is 18.6. The van der Waals surface area contributed by atoms with Crippen LogP contribution in [0.25, 0.3) is 0 Å². The van der Waals surface area contributed by atoms with E-state index in [1.807, 2.05) is 0 Å². The Morgan fingerprint density at radius 3 is 0.925 bits per heavy atom. The van der Waals surface area contributed by atoms with E-state index in [9.17, 15) is 0 Å². The van der Waals surface area contributed by atoms with Gasteiger partial charge in [0.1, 0.15) is 0 Å². The third-order valence-corrected chi connectivity index (χ3v) is 14.7. The number of hydrogen-bond donors (Lipinski definition) is 0. The standard InChI is InChI=1S/C21H38.C19H34/c1-17-6-8-20(9-7-17)10-12-21(13-11-20)15-18(2,3)14-19(4,5)16-21;1-16-4-6-18(7-5-16)12-14-19(15-13-18)10-8-17(2,3)9-11-19/h17H,6-16H2,1-5H3;16H,4-15H2,1-3H3. The van der Waals surface area contributed by atoms with Crippen LogP contribution in [0.5, 0.6) is 0 Å². The fourth-order valence-electron chi connectivity index (χ4n) is 12.2. The van der Waals surface area contributed by atoms with E-state index in [-0.39, 0.29) is 0 Å². The third kappa shape index (κ3) is 7.37. The lowest BCUT2D eigenvalue weighted by Crippen LogP contribution is -2.45. The summed E-state index contributed by atoms with van der Waals surface area (Å²) >= 11 is 0. The van der Waals surface area contributed by atoms with Crippen LogP contribution < -0.4 is 0 Å². The molecule has 0 heterocycles. The van der Waals surface area contributed by atoms with E-state index in [4.69, 9.17) is 0 Å². The molecule has 232 valence electrons. The molecule has 0 aromatic carbocycles. The lowest BCUT2D eigenvalue weighted by molar-refractivity contribution is -0.0595. The third-order valence-electron chi connectivity index (χ3n) is 14.7. The van der Waals surface area contributed by atoms with Gasteiger partial charge < -0.3 is 0 Å². The van der Waals surface area contributed by atoms with Gasteiger partial charge >= 0.3 is 0 Å². The van der Waals surface area contributed by atoms with Crippen LogP contribution in [0.2, 0.25) is 0 Å². The maximum atomic E-state index is 2.53. The topological polar surface area (TPSA) is 0 Å². The molecule has 6 aliphatic carbocycles. The van der Waals surface area contributed by atoms with Crippen molar-refractivity contribution in [1.29, 1.82) is 0 Å². The minimum absolute atomic E-state index is 0.563. The summed E-state index contributed by atoms with van der Waals surface area (Å²) in [5.74, 6) is 2.01. The molecule has 0 bridgehead atoms. The summed E-state index contributed by atoms with van der Waals surface area (Å²) in [5, 5.41) is 0. The molecule has 0 radical (unpaired) electrons. The van der Waals surface area contributed by atoms with Gasteiger partial charge in [-0.3, -0.25) is 0 Å². The van der Waals surface area contributed by atoms with Gasteiger partial charge in [0, 0.05) is 0 Å². The van der Waals surface area contributed by atoms with Crippen LogP contribution in [0.1, 0.15) is 203 Å². The summed E-state index contributed by atoms with van der Waals surface area (Å²) in [6.45, 7) is 20.0. The predicted molar refractivity (Wildman–Crippen MR) is 176 cm³/mol. The van der Waals surface area contributed by atoms with Gasteiger partial charge in [-0.1, -0.05) is 81.1 Å². The van der Waals surface area contributed by atoms with Gasteiger partial charge in [-0.05, 0) is 172 Å². The normalized spacial score (nSPS) is 35.2. The molecule has 0 N–H and O–H groups in total. The Morgan fingerprint density at radius 1 is 0.300 bits per heavy atom. The van der Waals surface area contributed by atoms with Crippen LogP contribution in [0.3, 0.4) is 0 Å². The van der Waals surface area contributed by atoms with Crippen molar-refractivity contribution in [3.05, 3.63) is 0 Å². The molecular weight excluding hydrogens is 480 g/mol. The van der Waals surface area contributed by atoms with Crippen LogP contribution in [-0.2, 0) is 0 Å². The Bertz CT molecular complexity index is 787. The molecule has 0 aliphatic heterocycles. The SMILES string of the molecule is CC1CCC2(CC1)CCC1(CC2)CC(C)(C)CC(C)(C)C1.CC1CCC2(CC1)CCC1(CCC(C)(C)CC1)CC2. The van der Waals surface area contributed by atoms with Crippen LogP contribution in [-0.4, -0.2) is 0 Å². The van der Waals surface area contributed by atoms with E-state index in [2.05, 4.69) is 55.4 Å². The van der Waals surface area contributed by atoms with Crippen molar-refractivity contribution in [2.45, 2.75) is 203 Å². The first kappa shape index (κ1) is 31.4. The molecule has 6 fully saturated rings. The molecule has 0 heteroatoms. The molecule has 0 amide bonds. The average Bonchev–Trinajstić information content (AvgIpc) is 2.87. The monoisotopic (exact) mass is 553 g/mol. The second-order valence-electron chi connectivity index (χ2n) is 20.4. The van der Waals surface area contributed by atoms with Crippen molar-refractivity contribution in [2.75, 3.05) is 0 Å². The molecular formula is C40H72. The van der Waals surface area contributed by atoms with E-state index < -0.39 is 0 Å². The summed E-state index contributed by atoms with van der Waals surface area (Å²) in [6.07, 6.45) is 35.1. The van der Waals surface area contributed by atoms with E-state index in [1.165, 1.54) is 96.3 Å². The molecule has 6 aliphatic rings. The van der Waals surface area contributed by atoms with Gasteiger partial charge in [0.25, 0.3) is 0 Å². The van der Waals surface area contributed by atoms with Crippen molar-refractivity contribution in [3.8, 4) is 0 Å². The van der Waals surface area contributed by atoms with E-state index in [1.54, 1.807) is 51.4 Å². The second-order valence-corrected chi connectivity index (χ2v) is 20.4.